The molecule has 146 valence electrons. The summed E-state index contributed by atoms with van der Waals surface area (Å²) >= 11 is 0. The molecule has 8 nitrogen and oxygen atoms in total. The minimum absolute atomic E-state index is 0.0465. The number of hydrogen-bond acceptors (Lipinski definition) is 5. The molecule has 0 radical (unpaired) electrons. The van der Waals surface area contributed by atoms with Crippen molar-refractivity contribution in [2.75, 3.05) is 25.9 Å². The highest BCUT2D eigenvalue weighted by Gasteiger charge is 2.34. The summed E-state index contributed by atoms with van der Waals surface area (Å²) in [4.78, 5) is 37.8. The van der Waals surface area contributed by atoms with E-state index in [9.17, 15) is 22.8 Å². The average molecular weight is 393 g/mol. The van der Waals surface area contributed by atoms with Gasteiger partial charge in [0.15, 0.2) is 0 Å². The first kappa shape index (κ1) is 19.5. The molecule has 0 aromatic heterocycles. The van der Waals surface area contributed by atoms with E-state index in [1.165, 1.54) is 15.5 Å². The molecule has 0 aliphatic carbocycles. The number of sulfonamides is 1. The number of imide groups is 1. The summed E-state index contributed by atoms with van der Waals surface area (Å²) in [5.41, 5.74) is 0.814. The number of carbonyl (C=O) groups is 3. The molecule has 9 heteroatoms. The number of piperidine rings is 1. The molecule has 1 aromatic rings. The Morgan fingerprint density at radius 1 is 1.11 bits per heavy atom. The molecule has 27 heavy (non-hydrogen) atoms. The van der Waals surface area contributed by atoms with E-state index in [0.29, 0.717) is 43.5 Å². The molecular formula is C18H23N3O5S. The fourth-order valence-corrected chi connectivity index (χ4v) is 4.35. The first-order valence-corrected chi connectivity index (χ1v) is 10.8. The number of nitrogens with zero attached hydrogens (tertiary/aromatic N) is 2. The normalized spacial score (nSPS) is 18.6. The topological polar surface area (TPSA) is 104 Å². The van der Waals surface area contributed by atoms with Crippen molar-refractivity contribution < 1.29 is 22.8 Å². The Kier molecular flexibility index (Phi) is 5.61. The maximum atomic E-state index is 12.3. The fraction of sp³-hybridized carbons (Fsp3) is 0.500. The molecule has 2 aliphatic heterocycles. The molecule has 2 heterocycles. The van der Waals surface area contributed by atoms with E-state index in [1.807, 2.05) is 0 Å². The van der Waals surface area contributed by atoms with Crippen LogP contribution in [0.25, 0.3) is 0 Å². The molecule has 0 atom stereocenters. The van der Waals surface area contributed by atoms with Crippen LogP contribution in [0.4, 0.5) is 0 Å². The van der Waals surface area contributed by atoms with Crippen LogP contribution >= 0.6 is 0 Å². The number of hydrogen-bond donors (Lipinski definition) is 1. The van der Waals surface area contributed by atoms with Crippen LogP contribution in [0.1, 0.15) is 46.4 Å². The lowest BCUT2D eigenvalue weighted by molar-refractivity contribution is -0.122. The first-order chi connectivity index (χ1) is 12.8. The molecule has 0 spiro atoms. The Hall–Kier alpha value is -2.26. The van der Waals surface area contributed by atoms with Crippen LogP contribution in [-0.2, 0) is 14.8 Å². The number of nitrogens with one attached hydrogen (secondary N) is 1. The van der Waals surface area contributed by atoms with Gasteiger partial charge in [0.05, 0.1) is 17.4 Å². The van der Waals surface area contributed by atoms with Gasteiger partial charge in [0, 0.05) is 32.1 Å². The third-order valence-electron chi connectivity index (χ3n) is 4.95. The first-order valence-electron chi connectivity index (χ1n) is 8.97. The second-order valence-electron chi connectivity index (χ2n) is 6.91. The molecule has 1 saturated heterocycles. The molecule has 0 bridgehead atoms. The Labute approximate surface area is 158 Å². The van der Waals surface area contributed by atoms with E-state index >= 15 is 0 Å². The van der Waals surface area contributed by atoms with Crippen LogP contribution in [0.5, 0.6) is 0 Å². The quantitative estimate of drug-likeness (QED) is 0.713. The SMILES string of the molecule is CS(=O)(=O)N1CCC(NC(=O)CCCN2C(=O)c3ccccc3C2=O)CC1. The maximum Gasteiger partial charge on any atom is 0.261 e. The fourth-order valence-electron chi connectivity index (χ4n) is 3.47. The molecule has 0 unspecified atom stereocenters. The number of amides is 3. The van der Waals surface area contributed by atoms with E-state index in [4.69, 9.17) is 0 Å². The number of rotatable bonds is 6. The van der Waals surface area contributed by atoms with Crippen LogP contribution < -0.4 is 5.32 Å². The summed E-state index contributed by atoms with van der Waals surface area (Å²) in [6.45, 7) is 1.00. The van der Waals surface area contributed by atoms with Crippen LogP contribution in [0.15, 0.2) is 24.3 Å². The highest BCUT2D eigenvalue weighted by molar-refractivity contribution is 7.88. The molecule has 2 aliphatic rings. The molecular weight excluding hydrogens is 370 g/mol. The summed E-state index contributed by atoms with van der Waals surface area (Å²) in [5, 5.41) is 2.91. The minimum atomic E-state index is -3.18. The van der Waals surface area contributed by atoms with Crippen molar-refractivity contribution in [3.63, 3.8) is 0 Å². The lowest BCUT2D eigenvalue weighted by atomic mass is 10.1. The minimum Gasteiger partial charge on any atom is -0.353 e. The summed E-state index contributed by atoms with van der Waals surface area (Å²) in [7, 11) is -3.18. The van der Waals surface area contributed by atoms with Crippen molar-refractivity contribution in [1.29, 1.82) is 0 Å². The van der Waals surface area contributed by atoms with Crippen molar-refractivity contribution >= 4 is 27.7 Å². The van der Waals surface area contributed by atoms with Gasteiger partial charge in [0.25, 0.3) is 11.8 Å². The highest BCUT2D eigenvalue weighted by atomic mass is 32.2. The number of benzene rings is 1. The maximum absolute atomic E-state index is 12.3. The van der Waals surface area contributed by atoms with Crippen LogP contribution in [0.2, 0.25) is 0 Å². The smallest absolute Gasteiger partial charge is 0.261 e. The summed E-state index contributed by atoms with van der Waals surface area (Å²) < 4.78 is 24.4. The van der Waals surface area contributed by atoms with Gasteiger partial charge in [-0.1, -0.05) is 12.1 Å². The van der Waals surface area contributed by atoms with Crippen molar-refractivity contribution in [1.82, 2.24) is 14.5 Å². The lowest BCUT2D eigenvalue weighted by Crippen LogP contribution is -2.46. The standard InChI is InChI=1S/C18H23N3O5S/c1-27(25,26)20-11-8-13(9-12-20)19-16(22)7-4-10-21-17(23)14-5-2-3-6-15(14)18(21)24/h2-3,5-6,13H,4,7-12H2,1H3,(H,19,22). The van der Waals surface area contributed by atoms with Crippen LogP contribution in [0.3, 0.4) is 0 Å². The summed E-state index contributed by atoms with van der Waals surface area (Å²) in [6.07, 6.45) is 2.94. The van der Waals surface area contributed by atoms with E-state index in [0.717, 1.165) is 0 Å². The zero-order chi connectivity index (χ0) is 19.6. The predicted molar refractivity (Wildman–Crippen MR) is 98.6 cm³/mol. The molecule has 3 amide bonds. The van der Waals surface area contributed by atoms with Gasteiger partial charge >= 0.3 is 0 Å². The van der Waals surface area contributed by atoms with Crippen molar-refractivity contribution in [3.05, 3.63) is 35.4 Å². The molecule has 0 saturated carbocycles. The van der Waals surface area contributed by atoms with Gasteiger partial charge in [0.1, 0.15) is 0 Å². The van der Waals surface area contributed by atoms with Crippen molar-refractivity contribution in [3.8, 4) is 0 Å². The highest BCUT2D eigenvalue weighted by Crippen LogP contribution is 2.22. The third kappa shape index (κ3) is 4.36. The Balaban J connectivity index is 1.42. The number of fused-ring (bicyclic) bond motifs is 1. The molecule has 1 N–H and O–H groups in total. The summed E-state index contributed by atoms with van der Waals surface area (Å²) in [5.74, 6) is -0.780. The van der Waals surface area contributed by atoms with Gasteiger partial charge in [-0.15, -0.1) is 0 Å². The third-order valence-corrected chi connectivity index (χ3v) is 6.25. The van der Waals surface area contributed by atoms with Crippen molar-refractivity contribution in [2.45, 2.75) is 31.7 Å². The van der Waals surface area contributed by atoms with E-state index < -0.39 is 10.0 Å². The van der Waals surface area contributed by atoms with Crippen LogP contribution in [-0.4, -0.2) is 67.3 Å². The van der Waals surface area contributed by atoms with Gasteiger partial charge in [0.2, 0.25) is 15.9 Å². The lowest BCUT2D eigenvalue weighted by Gasteiger charge is -2.30. The Morgan fingerprint density at radius 2 is 1.67 bits per heavy atom. The van der Waals surface area contributed by atoms with Gasteiger partial charge in [-0.3, -0.25) is 19.3 Å². The van der Waals surface area contributed by atoms with E-state index in [2.05, 4.69) is 5.32 Å². The monoisotopic (exact) mass is 393 g/mol. The molecule has 1 aromatic carbocycles. The van der Waals surface area contributed by atoms with Gasteiger partial charge in [-0.2, -0.15) is 0 Å². The van der Waals surface area contributed by atoms with E-state index in [-0.39, 0.29) is 36.7 Å². The average Bonchev–Trinajstić information content (AvgIpc) is 2.87. The van der Waals surface area contributed by atoms with Gasteiger partial charge in [-0.05, 0) is 31.4 Å². The summed E-state index contributed by atoms with van der Waals surface area (Å²) in [6, 6.07) is 6.65. The predicted octanol–water partition coefficient (Wildman–Crippen LogP) is 0.603. The van der Waals surface area contributed by atoms with E-state index in [1.54, 1.807) is 24.3 Å². The number of carbonyl (C=O) groups excluding carboxylic acids is 3. The second-order valence-corrected chi connectivity index (χ2v) is 8.90. The Morgan fingerprint density at radius 3 is 2.19 bits per heavy atom. The van der Waals surface area contributed by atoms with Crippen molar-refractivity contribution in [2.24, 2.45) is 0 Å². The Bertz CT molecular complexity index is 825. The van der Waals surface area contributed by atoms with Gasteiger partial charge < -0.3 is 5.32 Å². The largest absolute Gasteiger partial charge is 0.353 e. The molecule has 3 rings (SSSR count). The second kappa shape index (κ2) is 7.77. The van der Waals surface area contributed by atoms with Gasteiger partial charge in [-0.25, -0.2) is 12.7 Å². The van der Waals surface area contributed by atoms with Crippen LogP contribution in [0, 0.1) is 0 Å². The molecule has 1 fully saturated rings. The zero-order valence-corrected chi connectivity index (χ0v) is 16.0. The zero-order valence-electron chi connectivity index (χ0n) is 15.2.